The van der Waals surface area contributed by atoms with E-state index in [9.17, 15) is 5.11 Å². The monoisotopic (exact) mass is 329 g/mol. The molecule has 2 aromatic rings. The summed E-state index contributed by atoms with van der Waals surface area (Å²) >= 11 is 0. The number of rotatable bonds is 9. The quantitative estimate of drug-likeness (QED) is 0.707. The van der Waals surface area contributed by atoms with Gasteiger partial charge in [0.25, 0.3) is 0 Å². The Morgan fingerprint density at radius 2 is 1.96 bits per heavy atom. The van der Waals surface area contributed by atoms with E-state index < -0.39 is 6.10 Å². The van der Waals surface area contributed by atoms with Gasteiger partial charge in [0.15, 0.2) is 5.82 Å². The summed E-state index contributed by atoms with van der Waals surface area (Å²) in [4.78, 5) is 12.6. The molecule has 5 nitrogen and oxygen atoms in total. The Morgan fingerprint density at radius 3 is 2.71 bits per heavy atom. The fourth-order valence-electron chi connectivity index (χ4n) is 2.61. The Bertz CT molecular complexity index is 646. The molecule has 0 fully saturated rings. The average Bonchev–Trinajstić information content (AvgIpc) is 2.57. The van der Waals surface area contributed by atoms with Gasteiger partial charge in [-0.15, -0.1) is 0 Å². The number of nitrogens with zero attached hydrogens (tertiary/aromatic N) is 3. The first-order valence-corrected chi connectivity index (χ1v) is 8.67. The zero-order valence-corrected chi connectivity index (χ0v) is 14.8. The van der Waals surface area contributed by atoms with Gasteiger partial charge in [0, 0.05) is 5.56 Å². The molecular weight excluding hydrogens is 302 g/mol. The van der Waals surface area contributed by atoms with Crippen LogP contribution in [0.4, 0.5) is 0 Å². The second-order valence-electron chi connectivity index (χ2n) is 6.22. The summed E-state index contributed by atoms with van der Waals surface area (Å²) in [7, 11) is 0. The highest BCUT2D eigenvalue weighted by Crippen LogP contribution is 2.21. The molecule has 1 atom stereocenters. The van der Waals surface area contributed by atoms with Crippen molar-refractivity contribution in [3.63, 3.8) is 0 Å². The highest BCUT2D eigenvalue weighted by Gasteiger charge is 2.10. The predicted octanol–water partition coefficient (Wildman–Crippen LogP) is 3.87. The predicted molar refractivity (Wildman–Crippen MR) is 95.0 cm³/mol. The van der Waals surface area contributed by atoms with Crippen LogP contribution in [0.25, 0.3) is 11.4 Å². The standard InChI is InChI=1S/C19H27N3O2/c1-4-5-6-7-8-16(23)12-24-19-21-13-20-18(22-19)17-10-9-14(2)11-15(17)3/h9-11,13,16,23H,4-8,12H2,1-3H3. The third-order valence-corrected chi connectivity index (χ3v) is 3.97. The average molecular weight is 329 g/mol. The van der Waals surface area contributed by atoms with Crippen LogP contribution in [-0.4, -0.2) is 32.8 Å². The minimum atomic E-state index is -0.483. The lowest BCUT2D eigenvalue weighted by Gasteiger charge is -2.11. The van der Waals surface area contributed by atoms with E-state index in [1.165, 1.54) is 24.7 Å². The highest BCUT2D eigenvalue weighted by molar-refractivity contribution is 5.60. The Kier molecular flexibility index (Phi) is 7.12. The number of aliphatic hydroxyl groups is 1. The number of aromatic nitrogens is 3. The zero-order chi connectivity index (χ0) is 17.4. The smallest absolute Gasteiger partial charge is 0.320 e. The summed E-state index contributed by atoms with van der Waals surface area (Å²) in [6.45, 7) is 6.48. The van der Waals surface area contributed by atoms with Crippen molar-refractivity contribution in [2.45, 2.75) is 59.0 Å². The fraction of sp³-hybridized carbons (Fsp3) is 0.526. The summed E-state index contributed by atoms with van der Waals surface area (Å²) in [6.07, 6.45) is 6.28. The Hall–Kier alpha value is -2.01. The second-order valence-corrected chi connectivity index (χ2v) is 6.22. The lowest BCUT2D eigenvalue weighted by Crippen LogP contribution is -2.18. The molecule has 1 unspecified atom stereocenters. The van der Waals surface area contributed by atoms with Crippen LogP contribution in [0, 0.1) is 13.8 Å². The number of hydrogen-bond acceptors (Lipinski definition) is 5. The van der Waals surface area contributed by atoms with Crippen molar-refractivity contribution in [3.8, 4) is 17.4 Å². The van der Waals surface area contributed by atoms with Crippen molar-refractivity contribution < 1.29 is 9.84 Å². The van der Waals surface area contributed by atoms with Crippen molar-refractivity contribution >= 4 is 0 Å². The molecule has 0 amide bonds. The maximum Gasteiger partial charge on any atom is 0.320 e. The van der Waals surface area contributed by atoms with E-state index in [0.29, 0.717) is 5.82 Å². The molecule has 1 aromatic heterocycles. The van der Waals surface area contributed by atoms with Gasteiger partial charge >= 0.3 is 6.01 Å². The summed E-state index contributed by atoms with van der Waals surface area (Å²) < 4.78 is 5.54. The first-order chi connectivity index (χ1) is 11.6. The Labute approximate surface area is 144 Å². The van der Waals surface area contributed by atoms with Gasteiger partial charge in [0.05, 0.1) is 6.10 Å². The minimum Gasteiger partial charge on any atom is -0.461 e. The molecule has 24 heavy (non-hydrogen) atoms. The maximum absolute atomic E-state index is 9.97. The molecule has 0 bridgehead atoms. The van der Waals surface area contributed by atoms with Gasteiger partial charge in [0.2, 0.25) is 0 Å². The van der Waals surface area contributed by atoms with Crippen LogP contribution in [0.2, 0.25) is 0 Å². The van der Waals surface area contributed by atoms with E-state index in [0.717, 1.165) is 30.4 Å². The first-order valence-electron chi connectivity index (χ1n) is 8.67. The van der Waals surface area contributed by atoms with Crippen LogP contribution >= 0.6 is 0 Å². The van der Waals surface area contributed by atoms with E-state index >= 15 is 0 Å². The fourth-order valence-corrected chi connectivity index (χ4v) is 2.61. The molecule has 1 heterocycles. The van der Waals surface area contributed by atoms with Crippen LogP contribution in [-0.2, 0) is 0 Å². The van der Waals surface area contributed by atoms with Gasteiger partial charge in [-0.3, -0.25) is 0 Å². The normalized spacial score (nSPS) is 12.2. The van der Waals surface area contributed by atoms with E-state index in [2.05, 4.69) is 34.9 Å². The second kappa shape index (κ2) is 9.33. The molecule has 130 valence electrons. The van der Waals surface area contributed by atoms with Crippen molar-refractivity contribution in [3.05, 3.63) is 35.7 Å². The molecule has 1 N–H and O–H groups in total. The minimum absolute atomic E-state index is 0.211. The van der Waals surface area contributed by atoms with Crippen molar-refractivity contribution in [1.82, 2.24) is 15.0 Å². The van der Waals surface area contributed by atoms with E-state index in [4.69, 9.17) is 4.74 Å². The Balaban J connectivity index is 1.93. The lowest BCUT2D eigenvalue weighted by atomic mass is 10.1. The third kappa shape index (κ3) is 5.57. The highest BCUT2D eigenvalue weighted by atomic mass is 16.5. The van der Waals surface area contributed by atoms with E-state index in [1.54, 1.807) is 0 Å². The molecule has 0 aliphatic heterocycles. The summed E-state index contributed by atoms with van der Waals surface area (Å²) in [5.41, 5.74) is 3.28. The molecule has 0 aliphatic rings. The van der Waals surface area contributed by atoms with E-state index in [1.807, 2.05) is 19.1 Å². The summed E-state index contributed by atoms with van der Waals surface area (Å²) in [5.74, 6) is 0.593. The zero-order valence-electron chi connectivity index (χ0n) is 14.8. The molecule has 2 rings (SSSR count). The number of benzene rings is 1. The molecule has 0 saturated heterocycles. The van der Waals surface area contributed by atoms with Crippen LogP contribution in [0.15, 0.2) is 24.5 Å². The molecule has 0 saturated carbocycles. The van der Waals surface area contributed by atoms with E-state index in [-0.39, 0.29) is 12.6 Å². The number of aryl methyl sites for hydroxylation is 2. The largest absolute Gasteiger partial charge is 0.461 e. The number of aliphatic hydroxyl groups excluding tert-OH is 1. The van der Waals surface area contributed by atoms with Crippen molar-refractivity contribution in [2.75, 3.05) is 6.61 Å². The lowest BCUT2D eigenvalue weighted by molar-refractivity contribution is 0.0924. The molecule has 0 aliphatic carbocycles. The first kappa shape index (κ1) is 18.3. The van der Waals surface area contributed by atoms with Gasteiger partial charge in [-0.05, 0) is 25.8 Å². The summed E-state index contributed by atoms with van der Waals surface area (Å²) in [6, 6.07) is 6.39. The van der Waals surface area contributed by atoms with Gasteiger partial charge in [-0.1, -0.05) is 56.4 Å². The molecule has 0 radical (unpaired) electrons. The molecule has 1 aromatic carbocycles. The van der Waals surface area contributed by atoms with Crippen LogP contribution < -0.4 is 4.74 Å². The van der Waals surface area contributed by atoms with Crippen molar-refractivity contribution in [1.29, 1.82) is 0 Å². The number of unbranched alkanes of at least 4 members (excludes halogenated alkanes) is 3. The molecular formula is C19H27N3O2. The molecule has 5 heteroatoms. The summed E-state index contributed by atoms with van der Waals surface area (Å²) in [5, 5.41) is 9.97. The van der Waals surface area contributed by atoms with Gasteiger partial charge in [0.1, 0.15) is 12.9 Å². The SMILES string of the molecule is CCCCCCC(O)COc1ncnc(-c2ccc(C)cc2C)n1. The van der Waals surface area contributed by atoms with Gasteiger partial charge in [-0.2, -0.15) is 9.97 Å². The van der Waals surface area contributed by atoms with Crippen LogP contribution in [0.5, 0.6) is 6.01 Å². The number of hydrogen-bond donors (Lipinski definition) is 1. The van der Waals surface area contributed by atoms with Gasteiger partial charge in [-0.25, -0.2) is 4.98 Å². The van der Waals surface area contributed by atoms with Crippen LogP contribution in [0.3, 0.4) is 0 Å². The third-order valence-electron chi connectivity index (χ3n) is 3.97. The number of ether oxygens (including phenoxy) is 1. The molecule has 0 spiro atoms. The maximum atomic E-state index is 9.97. The van der Waals surface area contributed by atoms with Crippen LogP contribution in [0.1, 0.15) is 50.2 Å². The Morgan fingerprint density at radius 1 is 1.12 bits per heavy atom. The van der Waals surface area contributed by atoms with Gasteiger partial charge < -0.3 is 9.84 Å². The topological polar surface area (TPSA) is 68.1 Å². The van der Waals surface area contributed by atoms with Crippen molar-refractivity contribution in [2.24, 2.45) is 0 Å².